The number of rotatable bonds is 5. The third-order valence-corrected chi connectivity index (χ3v) is 4.74. The summed E-state index contributed by atoms with van der Waals surface area (Å²) in [7, 11) is 3.73. The molecule has 1 N–H and O–H groups in total. The molecule has 1 saturated carbocycles. The summed E-state index contributed by atoms with van der Waals surface area (Å²) in [4.78, 5) is 14.7. The summed E-state index contributed by atoms with van der Waals surface area (Å²) in [5.74, 6) is 0.389. The summed E-state index contributed by atoms with van der Waals surface area (Å²) >= 11 is 0. The third-order valence-electron chi connectivity index (χ3n) is 4.74. The van der Waals surface area contributed by atoms with Gasteiger partial charge in [-0.25, -0.2) is 0 Å². The zero-order valence-electron chi connectivity index (χ0n) is 11.7. The summed E-state index contributed by atoms with van der Waals surface area (Å²) in [5.41, 5.74) is -0.0809. The minimum Gasteiger partial charge on any atom is -0.385 e. The molecule has 0 radical (unpaired) electrons. The molecular weight excluding hydrogens is 228 g/mol. The molecule has 0 unspecified atom stereocenters. The lowest BCUT2D eigenvalue weighted by atomic mass is 9.65. The first-order chi connectivity index (χ1) is 8.72. The average molecular weight is 254 g/mol. The Kier molecular flexibility index (Phi) is 4.62. The lowest BCUT2D eigenvalue weighted by Crippen LogP contribution is -2.52. The zero-order chi connectivity index (χ0) is 13.0. The fourth-order valence-electron chi connectivity index (χ4n) is 3.18. The molecular formula is C14H26N2O2. The Balaban J connectivity index is 1.89. The second kappa shape index (κ2) is 6.02. The van der Waals surface area contributed by atoms with Crippen molar-refractivity contribution in [1.82, 2.24) is 10.2 Å². The van der Waals surface area contributed by atoms with Crippen molar-refractivity contribution >= 4 is 5.91 Å². The van der Waals surface area contributed by atoms with Crippen LogP contribution in [0.15, 0.2) is 0 Å². The van der Waals surface area contributed by atoms with Crippen LogP contribution in [0.25, 0.3) is 0 Å². The first-order valence-electron chi connectivity index (χ1n) is 7.17. The number of carbonyl (C=O) groups is 1. The van der Waals surface area contributed by atoms with Crippen molar-refractivity contribution in [3.63, 3.8) is 0 Å². The van der Waals surface area contributed by atoms with E-state index in [0.717, 1.165) is 45.2 Å². The number of nitrogens with one attached hydrogen (secondary N) is 1. The van der Waals surface area contributed by atoms with Gasteiger partial charge in [-0.15, -0.1) is 0 Å². The molecule has 0 aromatic rings. The van der Waals surface area contributed by atoms with E-state index >= 15 is 0 Å². The smallest absolute Gasteiger partial charge is 0.228 e. The normalized spacial score (nSPS) is 23.8. The van der Waals surface area contributed by atoms with Crippen LogP contribution >= 0.6 is 0 Å². The fraction of sp³-hybridized carbons (Fsp3) is 0.929. The highest BCUT2D eigenvalue weighted by molar-refractivity contribution is 5.83. The highest BCUT2D eigenvalue weighted by Gasteiger charge is 2.46. The van der Waals surface area contributed by atoms with Gasteiger partial charge < -0.3 is 15.0 Å². The van der Waals surface area contributed by atoms with Crippen molar-refractivity contribution in [2.75, 3.05) is 33.9 Å². The number of hydrogen-bond donors (Lipinski definition) is 1. The standard InChI is InChI=1S/C14H26N2O2/c1-15-12-4-9-16(10-5-12)13(17)14(6-3-7-14)8-11-18-2/h12,15H,3-11H2,1-2H3. The molecule has 0 atom stereocenters. The average Bonchev–Trinajstić information content (AvgIpc) is 2.37. The van der Waals surface area contributed by atoms with Gasteiger partial charge in [0, 0.05) is 32.8 Å². The van der Waals surface area contributed by atoms with Crippen LogP contribution in [-0.2, 0) is 9.53 Å². The van der Waals surface area contributed by atoms with Gasteiger partial charge in [-0.05, 0) is 39.2 Å². The topological polar surface area (TPSA) is 41.6 Å². The van der Waals surface area contributed by atoms with E-state index in [9.17, 15) is 4.79 Å². The van der Waals surface area contributed by atoms with Crippen LogP contribution in [0.5, 0.6) is 0 Å². The van der Waals surface area contributed by atoms with E-state index in [-0.39, 0.29) is 5.41 Å². The summed E-state index contributed by atoms with van der Waals surface area (Å²) in [6.07, 6.45) is 6.38. The van der Waals surface area contributed by atoms with Crippen LogP contribution in [0.2, 0.25) is 0 Å². The molecule has 1 aliphatic carbocycles. The molecule has 2 rings (SSSR count). The van der Waals surface area contributed by atoms with Crippen LogP contribution in [0.1, 0.15) is 38.5 Å². The Morgan fingerprint density at radius 2 is 2.06 bits per heavy atom. The van der Waals surface area contributed by atoms with Gasteiger partial charge in [0.15, 0.2) is 0 Å². The van der Waals surface area contributed by atoms with Gasteiger partial charge >= 0.3 is 0 Å². The van der Waals surface area contributed by atoms with E-state index in [4.69, 9.17) is 4.74 Å². The molecule has 2 fully saturated rings. The predicted molar refractivity (Wildman–Crippen MR) is 71.4 cm³/mol. The van der Waals surface area contributed by atoms with Crippen molar-refractivity contribution in [2.45, 2.75) is 44.6 Å². The first kappa shape index (κ1) is 13.8. The molecule has 1 aliphatic heterocycles. The van der Waals surface area contributed by atoms with E-state index in [1.165, 1.54) is 6.42 Å². The third kappa shape index (κ3) is 2.69. The maximum absolute atomic E-state index is 12.7. The minimum absolute atomic E-state index is 0.0809. The molecule has 0 aromatic carbocycles. The lowest BCUT2D eigenvalue weighted by molar-refractivity contribution is -0.150. The number of piperidine rings is 1. The van der Waals surface area contributed by atoms with Crippen molar-refractivity contribution in [1.29, 1.82) is 0 Å². The maximum atomic E-state index is 12.7. The number of likely N-dealkylation sites (tertiary alicyclic amines) is 1. The summed E-state index contributed by atoms with van der Waals surface area (Å²) in [6, 6.07) is 0.588. The van der Waals surface area contributed by atoms with E-state index in [1.54, 1.807) is 7.11 Å². The Bertz CT molecular complexity index is 282. The van der Waals surface area contributed by atoms with E-state index < -0.39 is 0 Å². The van der Waals surface area contributed by atoms with Crippen molar-refractivity contribution in [3.8, 4) is 0 Å². The fourth-order valence-corrected chi connectivity index (χ4v) is 3.18. The number of amides is 1. The molecule has 0 bridgehead atoms. The van der Waals surface area contributed by atoms with Crippen molar-refractivity contribution in [2.24, 2.45) is 5.41 Å². The van der Waals surface area contributed by atoms with Crippen LogP contribution in [0.4, 0.5) is 0 Å². The number of nitrogens with zero attached hydrogens (tertiary/aromatic N) is 1. The monoisotopic (exact) mass is 254 g/mol. The molecule has 104 valence electrons. The summed E-state index contributed by atoms with van der Waals surface area (Å²) < 4.78 is 5.16. The molecule has 0 aromatic heterocycles. The molecule has 4 nitrogen and oxygen atoms in total. The van der Waals surface area contributed by atoms with Crippen LogP contribution in [0, 0.1) is 5.41 Å². The van der Waals surface area contributed by atoms with E-state index in [1.807, 2.05) is 7.05 Å². The van der Waals surface area contributed by atoms with E-state index in [2.05, 4.69) is 10.2 Å². The Labute approximate surface area is 110 Å². The highest BCUT2D eigenvalue weighted by Crippen LogP contribution is 2.45. The summed E-state index contributed by atoms with van der Waals surface area (Å²) in [6.45, 7) is 2.54. The van der Waals surface area contributed by atoms with Gasteiger partial charge in [-0.2, -0.15) is 0 Å². The Morgan fingerprint density at radius 1 is 1.39 bits per heavy atom. The Morgan fingerprint density at radius 3 is 2.50 bits per heavy atom. The van der Waals surface area contributed by atoms with Crippen molar-refractivity contribution < 1.29 is 9.53 Å². The quantitative estimate of drug-likeness (QED) is 0.806. The van der Waals surface area contributed by atoms with Crippen molar-refractivity contribution in [3.05, 3.63) is 0 Å². The molecule has 0 spiro atoms. The Hall–Kier alpha value is -0.610. The van der Waals surface area contributed by atoms with Gasteiger partial charge in [0.1, 0.15) is 0 Å². The van der Waals surface area contributed by atoms with Gasteiger partial charge in [0.25, 0.3) is 0 Å². The van der Waals surface area contributed by atoms with Gasteiger partial charge in [-0.3, -0.25) is 4.79 Å². The van der Waals surface area contributed by atoms with Crippen LogP contribution < -0.4 is 5.32 Å². The highest BCUT2D eigenvalue weighted by atomic mass is 16.5. The largest absolute Gasteiger partial charge is 0.385 e. The SMILES string of the molecule is CNC1CCN(C(=O)C2(CCOC)CCC2)CC1. The van der Waals surface area contributed by atoms with Gasteiger partial charge in [0.2, 0.25) is 5.91 Å². The first-order valence-corrected chi connectivity index (χ1v) is 7.17. The maximum Gasteiger partial charge on any atom is 0.228 e. The van der Waals surface area contributed by atoms with Crippen LogP contribution in [0.3, 0.4) is 0 Å². The number of methoxy groups -OCH3 is 1. The lowest BCUT2D eigenvalue weighted by Gasteiger charge is -2.45. The van der Waals surface area contributed by atoms with E-state index in [0.29, 0.717) is 18.6 Å². The zero-order valence-corrected chi connectivity index (χ0v) is 11.7. The molecule has 4 heteroatoms. The molecule has 1 heterocycles. The van der Waals surface area contributed by atoms with Gasteiger partial charge in [0.05, 0.1) is 5.41 Å². The van der Waals surface area contributed by atoms with Crippen LogP contribution in [-0.4, -0.2) is 50.7 Å². The van der Waals surface area contributed by atoms with Gasteiger partial charge in [-0.1, -0.05) is 6.42 Å². The molecule has 2 aliphatic rings. The molecule has 1 amide bonds. The second-order valence-electron chi connectivity index (χ2n) is 5.73. The summed E-state index contributed by atoms with van der Waals surface area (Å²) in [5, 5.41) is 3.31. The number of ether oxygens (including phenoxy) is 1. The number of carbonyl (C=O) groups excluding carboxylic acids is 1. The second-order valence-corrected chi connectivity index (χ2v) is 5.73. The predicted octanol–water partition coefficient (Wildman–Crippen LogP) is 1.40. The number of hydrogen-bond acceptors (Lipinski definition) is 3. The molecule has 1 saturated heterocycles. The minimum atomic E-state index is -0.0809. The molecule has 18 heavy (non-hydrogen) atoms.